The van der Waals surface area contributed by atoms with E-state index in [1.54, 1.807) is 0 Å². The van der Waals surface area contributed by atoms with Gasteiger partial charge in [-0.05, 0) is 86.0 Å². The van der Waals surface area contributed by atoms with Gasteiger partial charge in [0.2, 0.25) is 0 Å². The number of para-hydroxylation sites is 3. The van der Waals surface area contributed by atoms with E-state index in [0.29, 0.717) is 12.0 Å². The molecular formula is C36H34N4S. The van der Waals surface area contributed by atoms with Crippen molar-refractivity contribution in [1.29, 1.82) is 0 Å². The minimum Gasteiger partial charge on any atom is -0.349 e. The SMILES string of the molecule is CC(C)c1ccnc(-n2c3ccccc3c3ccc(Sc4cccc(N5CN(C(C)C)c6ccccc65)c4)cc32)c1. The van der Waals surface area contributed by atoms with Crippen LogP contribution in [0.1, 0.15) is 39.2 Å². The van der Waals surface area contributed by atoms with Crippen LogP contribution in [-0.2, 0) is 0 Å². The summed E-state index contributed by atoms with van der Waals surface area (Å²) in [6.07, 6.45) is 1.94. The number of fused-ring (bicyclic) bond motifs is 4. The third-order valence-corrected chi connectivity index (χ3v) is 9.05. The second-order valence-corrected chi connectivity index (χ2v) is 12.5. The summed E-state index contributed by atoms with van der Waals surface area (Å²) in [6.45, 7) is 9.84. The average Bonchev–Trinajstić information content (AvgIpc) is 3.54. The lowest BCUT2D eigenvalue weighted by atomic mass is 10.1. The number of hydrogen-bond donors (Lipinski definition) is 0. The molecule has 0 atom stereocenters. The van der Waals surface area contributed by atoms with E-state index >= 15 is 0 Å². The molecule has 2 aromatic heterocycles. The molecule has 0 N–H and O–H groups in total. The Morgan fingerprint density at radius 1 is 0.683 bits per heavy atom. The van der Waals surface area contributed by atoms with Gasteiger partial charge in [-0.1, -0.05) is 68.1 Å². The number of rotatable bonds is 6. The standard InChI is InChI=1S/C36H34N4S/c1-24(2)26-18-19-37-36(20-26)40-32-13-6-5-12-30(32)31-17-16-29(22-35(31)40)41-28-11-9-10-27(21-28)39-23-38(25(3)4)33-14-7-8-15-34(33)39/h5-22,24-25H,23H2,1-4H3. The van der Waals surface area contributed by atoms with Crippen LogP contribution in [0.3, 0.4) is 0 Å². The number of hydrogen-bond acceptors (Lipinski definition) is 4. The molecule has 7 rings (SSSR count). The average molecular weight is 555 g/mol. The second-order valence-electron chi connectivity index (χ2n) is 11.4. The third-order valence-electron chi connectivity index (χ3n) is 8.07. The van der Waals surface area contributed by atoms with Crippen LogP contribution in [0.2, 0.25) is 0 Å². The second kappa shape index (κ2) is 10.3. The van der Waals surface area contributed by atoms with Crippen LogP contribution in [0.4, 0.5) is 17.1 Å². The topological polar surface area (TPSA) is 24.3 Å². The highest BCUT2D eigenvalue weighted by Gasteiger charge is 2.28. The summed E-state index contributed by atoms with van der Waals surface area (Å²) in [5, 5.41) is 2.50. The summed E-state index contributed by atoms with van der Waals surface area (Å²) in [7, 11) is 0. The van der Waals surface area contributed by atoms with Gasteiger partial charge in [0.05, 0.1) is 29.1 Å². The molecule has 6 aromatic rings. The molecular weight excluding hydrogens is 520 g/mol. The molecule has 41 heavy (non-hydrogen) atoms. The molecule has 0 bridgehead atoms. The summed E-state index contributed by atoms with van der Waals surface area (Å²) < 4.78 is 2.32. The van der Waals surface area contributed by atoms with Gasteiger partial charge in [-0.25, -0.2) is 4.98 Å². The Kier molecular flexibility index (Phi) is 6.47. The van der Waals surface area contributed by atoms with Crippen molar-refractivity contribution in [3.63, 3.8) is 0 Å². The van der Waals surface area contributed by atoms with Crippen molar-refractivity contribution in [2.75, 3.05) is 16.5 Å². The van der Waals surface area contributed by atoms with Gasteiger partial charge in [0, 0.05) is 38.5 Å². The number of pyridine rings is 1. The summed E-state index contributed by atoms with van der Waals surface area (Å²) in [4.78, 5) is 12.1. The number of anilines is 3. The first kappa shape index (κ1) is 25.7. The predicted octanol–water partition coefficient (Wildman–Crippen LogP) is 9.78. The molecule has 0 saturated heterocycles. The predicted molar refractivity (Wildman–Crippen MR) is 174 cm³/mol. The van der Waals surface area contributed by atoms with Crippen LogP contribution in [0.15, 0.2) is 119 Å². The van der Waals surface area contributed by atoms with E-state index in [-0.39, 0.29) is 0 Å². The molecule has 0 spiro atoms. The van der Waals surface area contributed by atoms with E-state index in [2.05, 4.69) is 145 Å². The fourth-order valence-electron chi connectivity index (χ4n) is 5.93. The highest BCUT2D eigenvalue weighted by molar-refractivity contribution is 7.99. The zero-order valence-corrected chi connectivity index (χ0v) is 24.8. The maximum absolute atomic E-state index is 4.82. The van der Waals surface area contributed by atoms with Crippen molar-refractivity contribution >= 4 is 50.6 Å². The Morgan fingerprint density at radius 2 is 1.44 bits per heavy atom. The Labute approximate surface area is 246 Å². The van der Waals surface area contributed by atoms with Crippen LogP contribution in [0, 0.1) is 0 Å². The molecule has 5 heteroatoms. The van der Waals surface area contributed by atoms with E-state index in [1.807, 2.05) is 18.0 Å². The van der Waals surface area contributed by atoms with Gasteiger partial charge in [0.25, 0.3) is 0 Å². The highest BCUT2D eigenvalue weighted by Crippen LogP contribution is 2.43. The zero-order chi connectivity index (χ0) is 28.1. The molecule has 0 aliphatic carbocycles. The minimum absolute atomic E-state index is 0.438. The van der Waals surface area contributed by atoms with Crippen molar-refractivity contribution in [3.05, 3.63) is 115 Å². The van der Waals surface area contributed by atoms with Crippen LogP contribution >= 0.6 is 11.8 Å². The zero-order valence-electron chi connectivity index (χ0n) is 24.0. The first-order valence-electron chi connectivity index (χ1n) is 14.4. The molecule has 4 nitrogen and oxygen atoms in total. The van der Waals surface area contributed by atoms with E-state index in [9.17, 15) is 0 Å². The van der Waals surface area contributed by atoms with Crippen LogP contribution in [0.25, 0.3) is 27.6 Å². The van der Waals surface area contributed by atoms with Crippen molar-refractivity contribution in [2.45, 2.75) is 49.4 Å². The van der Waals surface area contributed by atoms with Gasteiger partial charge in [-0.2, -0.15) is 0 Å². The summed E-state index contributed by atoms with van der Waals surface area (Å²) >= 11 is 1.81. The Balaban J connectivity index is 1.28. The third kappa shape index (κ3) is 4.54. The number of aromatic nitrogens is 2. The Hall–Kier alpha value is -4.22. The van der Waals surface area contributed by atoms with Gasteiger partial charge >= 0.3 is 0 Å². The minimum atomic E-state index is 0.438. The lowest BCUT2D eigenvalue weighted by Gasteiger charge is -2.25. The molecule has 0 fully saturated rings. The van der Waals surface area contributed by atoms with E-state index in [1.165, 1.54) is 54.2 Å². The smallest absolute Gasteiger partial charge is 0.137 e. The molecule has 0 unspecified atom stereocenters. The molecule has 0 amide bonds. The van der Waals surface area contributed by atoms with E-state index in [0.717, 1.165) is 12.5 Å². The fourth-order valence-corrected chi connectivity index (χ4v) is 6.83. The monoisotopic (exact) mass is 554 g/mol. The fraction of sp³-hybridized carbons (Fsp3) is 0.194. The van der Waals surface area contributed by atoms with E-state index < -0.39 is 0 Å². The molecule has 3 heterocycles. The first-order chi connectivity index (χ1) is 20.0. The number of nitrogens with zero attached hydrogens (tertiary/aromatic N) is 4. The normalized spacial score (nSPS) is 13.2. The highest BCUT2D eigenvalue weighted by atomic mass is 32.2. The van der Waals surface area contributed by atoms with Crippen molar-refractivity contribution < 1.29 is 0 Å². The van der Waals surface area contributed by atoms with Crippen molar-refractivity contribution in [2.24, 2.45) is 0 Å². The lowest BCUT2D eigenvalue weighted by molar-refractivity contribution is 0.709. The summed E-state index contributed by atoms with van der Waals surface area (Å²) in [5.74, 6) is 1.41. The summed E-state index contributed by atoms with van der Waals surface area (Å²) in [6, 6.07) is 37.9. The molecule has 1 aliphatic rings. The van der Waals surface area contributed by atoms with E-state index in [4.69, 9.17) is 4.98 Å². The van der Waals surface area contributed by atoms with Crippen LogP contribution in [-0.4, -0.2) is 22.3 Å². The van der Waals surface area contributed by atoms with Gasteiger partial charge in [-0.15, -0.1) is 0 Å². The maximum Gasteiger partial charge on any atom is 0.137 e. The van der Waals surface area contributed by atoms with Gasteiger partial charge < -0.3 is 9.80 Å². The van der Waals surface area contributed by atoms with Gasteiger partial charge in [-0.3, -0.25) is 4.57 Å². The number of benzene rings is 4. The van der Waals surface area contributed by atoms with Crippen molar-refractivity contribution in [1.82, 2.24) is 9.55 Å². The largest absolute Gasteiger partial charge is 0.349 e. The molecule has 0 radical (unpaired) electrons. The van der Waals surface area contributed by atoms with Gasteiger partial charge in [0.15, 0.2) is 0 Å². The molecule has 1 aliphatic heterocycles. The molecule has 0 saturated carbocycles. The van der Waals surface area contributed by atoms with Gasteiger partial charge in [0.1, 0.15) is 5.82 Å². The maximum atomic E-state index is 4.82. The first-order valence-corrected chi connectivity index (χ1v) is 15.2. The lowest BCUT2D eigenvalue weighted by Crippen LogP contribution is -2.33. The van der Waals surface area contributed by atoms with Crippen LogP contribution in [0.5, 0.6) is 0 Å². The van der Waals surface area contributed by atoms with Crippen molar-refractivity contribution in [3.8, 4) is 5.82 Å². The Morgan fingerprint density at radius 3 is 2.27 bits per heavy atom. The van der Waals surface area contributed by atoms with Crippen LogP contribution < -0.4 is 9.80 Å². The quantitative estimate of drug-likeness (QED) is 0.204. The Bertz CT molecular complexity index is 1890. The molecule has 4 aromatic carbocycles. The molecule has 204 valence electrons. The summed E-state index contributed by atoms with van der Waals surface area (Å²) in [5.41, 5.74) is 7.45.